The second kappa shape index (κ2) is 6.36. The number of aromatic nitrogens is 2. The summed E-state index contributed by atoms with van der Waals surface area (Å²) >= 11 is 5.63. The average Bonchev–Trinajstić information content (AvgIpc) is 2.42. The predicted molar refractivity (Wildman–Crippen MR) is 73.9 cm³/mol. The van der Waals surface area contributed by atoms with Crippen LogP contribution in [-0.2, 0) is 6.54 Å². The molecule has 2 rings (SSSR count). The Morgan fingerprint density at radius 3 is 2.61 bits per heavy atom. The maximum atomic E-state index is 11.6. The Kier molecular flexibility index (Phi) is 4.53. The lowest BCUT2D eigenvalue weighted by atomic mass is 10.1. The maximum Gasteiger partial charge on any atom is 0.347 e. The molecule has 0 unspecified atom stereocenters. The fraction of sp³-hybridized carbons (Fsp3) is 0.286. The molecule has 2 aromatic rings. The zero-order valence-electron chi connectivity index (χ0n) is 10.1. The van der Waals surface area contributed by atoms with Crippen molar-refractivity contribution >= 4 is 11.6 Å². The summed E-state index contributed by atoms with van der Waals surface area (Å²) in [6.45, 7) is 0.666. The molecule has 0 fully saturated rings. The monoisotopic (exact) mass is 262 g/mol. The minimum absolute atomic E-state index is 0.204. The SMILES string of the molecule is O=c1ncc(-c2ccccc2)cn1CCCCCl. The van der Waals surface area contributed by atoms with Crippen molar-refractivity contribution in [3.8, 4) is 11.1 Å². The van der Waals surface area contributed by atoms with Crippen LogP contribution in [-0.4, -0.2) is 15.4 Å². The Labute approximate surface area is 111 Å². The summed E-state index contributed by atoms with van der Waals surface area (Å²) in [5.74, 6) is 0.626. The Bertz CT molecular complexity index is 551. The minimum atomic E-state index is -0.204. The van der Waals surface area contributed by atoms with Crippen LogP contribution in [0, 0.1) is 0 Å². The van der Waals surface area contributed by atoms with E-state index >= 15 is 0 Å². The molecule has 0 aliphatic rings. The Balaban J connectivity index is 2.24. The van der Waals surface area contributed by atoms with Crippen LogP contribution in [0.25, 0.3) is 11.1 Å². The van der Waals surface area contributed by atoms with E-state index in [9.17, 15) is 4.79 Å². The summed E-state index contributed by atoms with van der Waals surface area (Å²) in [5, 5.41) is 0. The van der Waals surface area contributed by atoms with Crippen LogP contribution in [0.4, 0.5) is 0 Å². The van der Waals surface area contributed by atoms with Gasteiger partial charge in [-0.3, -0.25) is 4.57 Å². The van der Waals surface area contributed by atoms with Crippen LogP contribution in [0.5, 0.6) is 0 Å². The molecule has 3 nitrogen and oxygen atoms in total. The second-order valence-electron chi connectivity index (χ2n) is 4.08. The first-order valence-electron chi connectivity index (χ1n) is 5.99. The van der Waals surface area contributed by atoms with Gasteiger partial charge in [0.25, 0.3) is 0 Å². The van der Waals surface area contributed by atoms with Gasteiger partial charge in [0.2, 0.25) is 0 Å². The third kappa shape index (κ3) is 3.20. The van der Waals surface area contributed by atoms with Gasteiger partial charge >= 0.3 is 5.69 Å². The van der Waals surface area contributed by atoms with Gasteiger partial charge in [-0.25, -0.2) is 9.78 Å². The lowest BCUT2D eigenvalue weighted by Gasteiger charge is -2.07. The summed E-state index contributed by atoms with van der Waals surface area (Å²) < 4.78 is 1.65. The number of unbranched alkanes of at least 4 members (excludes halogenated alkanes) is 1. The van der Waals surface area contributed by atoms with Gasteiger partial charge in [0, 0.05) is 30.4 Å². The first kappa shape index (κ1) is 12.8. The molecule has 4 heteroatoms. The zero-order chi connectivity index (χ0) is 12.8. The average molecular weight is 263 g/mol. The molecule has 0 saturated heterocycles. The van der Waals surface area contributed by atoms with Crippen molar-refractivity contribution in [1.82, 2.24) is 9.55 Å². The van der Waals surface area contributed by atoms with Gasteiger partial charge in [0.15, 0.2) is 0 Å². The highest BCUT2D eigenvalue weighted by atomic mass is 35.5. The van der Waals surface area contributed by atoms with E-state index in [4.69, 9.17) is 11.6 Å². The number of alkyl halides is 1. The smallest absolute Gasteiger partial charge is 0.299 e. The fourth-order valence-electron chi connectivity index (χ4n) is 1.77. The highest BCUT2D eigenvalue weighted by Crippen LogP contribution is 2.16. The molecule has 0 bridgehead atoms. The summed E-state index contributed by atoms with van der Waals surface area (Å²) in [5.41, 5.74) is 1.82. The Hall–Kier alpha value is -1.61. The van der Waals surface area contributed by atoms with E-state index in [0.29, 0.717) is 12.4 Å². The first-order valence-corrected chi connectivity index (χ1v) is 6.52. The number of benzene rings is 1. The van der Waals surface area contributed by atoms with Gasteiger partial charge in [0.1, 0.15) is 0 Å². The van der Waals surface area contributed by atoms with E-state index in [1.165, 1.54) is 0 Å². The molecular formula is C14H15ClN2O. The highest BCUT2D eigenvalue weighted by Gasteiger charge is 2.02. The molecule has 0 amide bonds. The number of rotatable bonds is 5. The van der Waals surface area contributed by atoms with Crippen molar-refractivity contribution < 1.29 is 0 Å². The van der Waals surface area contributed by atoms with Crippen LogP contribution in [0.15, 0.2) is 47.5 Å². The maximum absolute atomic E-state index is 11.6. The topological polar surface area (TPSA) is 34.9 Å². The van der Waals surface area contributed by atoms with E-state index in [2.05, 4.69) is 4.98 Å². The molecule has 0 aliphatic carbocycles. The summed E-state index contributed by atoms with van der Waals surface area (Å²) in [4.78, 5) is 15.5. The van der Waals surface area contributed by atoms with Crippen LogP contribution in [0.2, 0.25) is 0 Å². The van der Waals surface area contributed by atoms with Gasteiger partial charge in [-0.15, -0.1) is 11.6 Å². The molecule has 1 heterocycles. The quantitative estimate of drug-likeness (QED) is 0.613. The van der Waals surface area contributed by atoms with Crippen molar-refractivity contribution in [3.63, 3.8) is 0 Å². The highest BCUT2D eigenvalue weighted by molar-refractivity contribution is 6.17. The van der Waals surface area contributed by atoms with Crippen molar-refractivity contribution in [2.75, 3.05) is 5.88 Å². The molecule has 0 atom stereocenters. The summed E-state index contributed by atoms with van der Waals surface area (Å²) in [6.07, 6.45) is 5.28. The van der Waals surface area contributed by atoms with E-state index in [1.807, 2.05) is 36.5 Å². The van der Waals surface area contributed by atoms with Crippen LogP contribution in [0.3, 0.4) is 0 Å². The third-order valence-corrected chi connectivity index (χ3v) is 3.01. The number of aryl methyl sites for hydroxylation is 1. The molecular weight excluding hydrogens is 248 g/mol. The largest absolute Gasteiger partial charge is 0.347 e. The molecule has 1 aromatic carbocycles. The van der Waals surface area contributed by atoms with Crippen LogP contribution in [0.1, 0.15) is 12.8 Å². The molecule has 1 aromatic heterocycles. The van der Waals surface area contributed by atoms with Crippen LogP contribution >= 0.6 is 11.6 Å². The standard InChI is InChI=1S/C14H15ClN2O/c15-8-4-5-9-17-11-13(10-16-14(17)18)12-6-2-1-3-7-12/h1-3,6-7,10-11H,4-5,8-9H2. The van der Waals surface area contributed by atoms with E-state index in [1.54, 1.807) is 10.8 Å². The van der Waals surface area contributed by atoms with Crippen molar-refractivity contribution in [3.05, 3.63) is 53.2 Å². The number of halogens is 1. The molecule has 0 spiro atoms. The normalized spacial score (nSPS) is 10.5. The van der Waals surface area contributed by atoms with Gasteiger partial charge in [-0.2, -0.15) is 0 Å². The lowest BCUT2D eigenvalue weighted by Crippen LogP contribution is -2.22. The van der Waals surface area contributed by atoms with Gasteiger partial charge in [-0.05, 0) is 18.4 Å². The van der Waals surface area contributed by atoms with Crippen molar-refractivity contribution in [1.29, 1.82) is 0 Å². The molecule has 0 aliphatic heterocycles. The fourth-order valence-corrected chi connectivity index (χ4v) is 1.96. The Morgan fingerprint density at radius 1 is 1.11 bits per heavy atom. The van der Waals surface area contributed by atoms with Crippen molar-refractivity contribution in [2.45, 2.75) is 19.4 Å². The van der Waals surface area contributed by atoms with E-state index in [-0.39, 0.29) is 5.69 Å². The van der Waals surface area contributed by atoms with E-state index < -0.39 is 0 Å². The molecule has 94 valence electrons. The van der Waals surface area contributed by atoms with E-state index in [0.717, 1.165) is 24.0 Å². The third-order valence-electron chi connectivity index (χ3n) is 2.74. The Morgan fingerprint density at radius 2 is 1.89 bits per heavy atom. The lowest BCUT2D eigenvalue weighted by molar-refractivity contribution is 0.602. The molecule has 18 heavy (non-hydrogen) atoms. The number of hydrogen-bond donors (Lipinski definition) is 0. The van der Waals surface area contributed by atoms with Gasteiger partial charge < -0.3 is 0 Å². The zero-order valence-corrected chi connectivity index (χ0v) is 10.8. The molecule has 0 radical (unpaired) electrons. The number of nitrogens with zero attached hydrogens (tertiary/aromatic N) is 2. The summed E-state index contributed by atoms with van der Waals surface area (Å²) in [7, 11) is 0. The minimum Gasteiger partial charge on any atom is -0.299 e. The van der Waals surface area contributed by atoms with Crippen molar-refractivity contribution in [2.24, 2.45) is 0 Å². The van der Waals surface area contributed by atoms with Crippen LogP contribution < -0.4 is 5.69 Å². The van der Waals surface area contributed by atoms with Gasteiger partial charge in [-0.1, -0.05) is 30.3 Å². The first-order chi connectivity index (χ1) is 8.81. The number of hydrogen-bond acceptors (Lipinski definition) is 2. The molecule has 0 N–H and O–H groups in total. The van der Waals surface area contributed by atoms with Gasteiger partial charge in [0.05, 0.1) is 0 Å². The second-order valence-corrected chi connectivity index (χ2v) is 4.46. The molecule has 0 saturated carbocycles. The summed E-state index contributed by atoms with van der Waals surface area (Å²) in [6, 6.07) is 9.92. The predicted octanol–water partition coefficient (Wildman–Crippen LogP) is 2.93.